The van der Waals surface area contributed by atoms with Gasteiger partial charge >= 0.3 is 12.2 Å². The van der Waals surface area contributed by atoms with Crippen LogP contribution in [0.5, 0.6) is 0 Å². The van der Waals surface area contributed by atoms with Crippen LogP contribution in [0.3, 0.4) is 0 Å². The summed E-state index contributed by atoms with van der Waals surface area (Å²) in [5.41, 5.74) is -0.871. The van der Waals surface area contributed by atoms with Gasteiger partial charge in [0.2, 0.25) is 0 Å². The summed E-state index contributed by atoms with van der Waals surface area (Å²) in [6.45, 7) is 2.44. The number of aliphatic hydroxyl groups is 1. The molecule has 29 heavy (non-hydrogen) atoms. The zero-order valence-corrected chi connectivity index (χ0v) is 15.4. The number of anilines is 1. The maximum atomic E-state index is 12.8. The lowest BCUT2D eigenvalue weighted by molar-refractivity contribution is -0.189. The lowest BCUT2D eigenvalue weighted by Gasteiger charge is -2.44. The molecule has 1 aromatic carbocycles. The molecule has 0 aliphatic carbocycles. The predicted molar refractivity (Wildman–Crippen MR) is 94.2 cm³/mol. The lowest BCUT2D eigenvalue weighted by Crippen LogP contribution is -2.66. The van der Waals surface area contributed by atoms with Crippen molar-refractivity contribution in [2.24, 2.45) is 0 Å². The van der Waals surface area contributed by atoms with Crippen molar-refractivity contribution in [3.8, 4) is 0 Å². The SMILES string of the molecule is O=C(Nc1cccc(C(F)(F)F)c1)NC1C2COC(O2)C(N2CCOCC2)C1O. The number of hydrogen-bond acceptors (Lipinski definition) is 6. The summed E-state index contributed by atoms with van der Waals surface area (Å²) in [7, 11) is 0. The monoisotopic (exact) mass is 417 g/mol. The first-order chi connectivity index (χ1) is 13.8. The number of hydrogen-bond donors (Lipinski definition) is 3. The van der Waals surface area contributed by atoms with Gasteiger partial charge in [-0.25, -0.2) is 4.79 Å². The van der Waals surface area contributed by atoms with Crippen LogP contribution in [0.25, 0.3) is 0 Å². The Morgan fingerprint density at radius 3 is 2.72 bits per heavy atom. The quantitative estimate of drug-likeness (QED) is 0.680. The van der Waals surface area contributed by atoms with Crippen molar-refractivity contribution in [3.05, 3.63) is 29.8 Å². The summed E-state index contributed by atoms with van der Waals surface area (Å²) in [6.07, 6.45) is -6.62. The van der Waals surface area contributed by atoms with Crippen molar-refractivity contribution in [3.63, 3.8) is 0 Å². The molecule has 3 heterocycles. The van der Waals surface area contributed by atoms with Crippen LogP contribution in [0.2, 0.25) is 0 Å². The predicted octanol–water partition coefficient (Wildman–Crippen LogP) is 1.01. The third-order valence-electron chi connectivity index (χ3n) is 5.34. The average Bonchev–Trinajstić information content (AvgIpc) is 3.11. The molecule has 3 N–H and O–H groups in total. The first-order valence-electron chi connectivity index (χ1n) is 9.34. The van der Waals surface area contributed by atoms with Crippen LogP contribution in [-0.2, 0) is 20.4 Å². The highest BCUT2D eigenvalue weighted by molar-refractivity contribution is 5.89. The molecular formula is C18H22F3N3O5. The fourth-order valence-electron chi connectivity index (χ4n) is 3.94. The lowest BCUT2D eigenvalue weighted by atomic mass is 9.94. The van der Waals surface area contributed by atoms with Crippen molar-refractivity contribution in [1.29, 1.82) is 0 Å². The van der Waals surface area contributed by atoms with Gasteiger partial charge in [-0.1, -0.05) is 6.07 Å². The maximum Gasteiger partial charge on any atom is 0.416 e. The number of rotatable bonds is 3. The standard InChI is InChI=1S/C18H22F3N3O5/c19-18(20,21)10-2-1-3-11(8-10)22-17(26)23-13-12-9-28-16(29-12)14(15(13)25)24-4-6-27-7-5-24/h1-3,8,12-16,25H,4-7,9H2,(H2,22,23,26). The molecule has 0 spiro atoms. The molecule has 3 fully saturated rings. The Hall–Kier alpha value is -1.92. The van der Waals surface area contributed by atoms with Gasteiger partial charge in [0.25, 0.3) is 0 Å². The molecule has 0 saturated carbocycles. The number of nitrogens with one attached hydrogen (secondary N) is 2. The van der Waals surface area contributed by atoms with Crippen LogP contribution < -0.4 is 10.6 Å². The molecule has 4 rings (SSSR count). The molecule has 3 aliphatic rings. The summed E-state index contributed by atoms with van der Waals surface area (Å²) < 4.78 is 55.3. The largest absolute Gasteiger partial charge is 0.416 e. The van der Waals surface area contributed by atoms with E-state index in [0.717, 1.165) is 12.1 Å². The minimum absolute atomic E-state index is 0.00572. The van der Waals surface area contributed by atoms with Crippen LogP contribution in [0, 0.1) is 0 Å². The number of aliphatic hydroxyl groups excluding tert-OH is 1. The number of alkyl halides is 3. The van der Waals surface area contributed by atoms with Crippen LogP contribution in [0.15, 0.2) is 24.3 Å². The molecule has 5 unspecified atom stereocenters. The van der Waals surface area contributed by atoms with E-state index in [-0.39, 0.29) is 12.3 Å². The Labute approximate surface area is 164 Å². The van der Waals surface area contributed by atoms with Crippen LogP contribution in [0.1, 0.15) is 5.56 Å². The Balaban J connectivity index is 1.43. The van der Waals surface area contributed by atoms with Crippen molar-refractivity contribution in [2.45, 2.75) is 36.8 Å². The molecule has 3 aliphatic heterocycles. The highest BCUT2D eigenvalue weighted by Gasteiger charge is 2.52. The average molecular weight is 417 g/mol. The highest BCUT2D eigenvalue weighted by atomic mass is 19.4. The number of benzene rings is 1. The van der Waals surface area contributed by atoms with E-state index in [1.165, 1.54) is 12.1 Å². The molecule has 2 amide bonds. The molecule has 1 aromatic rings. The van der Waals surface area contributed by atoms with E-state index in [2.05, 4.69) is 10.6 Å². The number of nitrogens with zero attached hydrogens (tertiary/aromatic N) is 1. The number of fused-ring (bicyclic) bond motifs is 2. The van der Waals surface area contributed by atoms with Crippen molar-refractivity contribution in [2.75, 3.05) is 38.2 Å². The minimum atomic E-state index is -4.51. The molecule has 0 aromatic heterocycles. The summed E-state index contributed by atoms with van der Waals surface area (Å²) in [4.78, 5) is 14.4. The van der Waals surface area contributed by atoms with Gasteiger partial charge in [-0.05, 0) is 18.2 Å². The zero-order valence-electron chi connectivity index (χ0n) is 15.4. The number of carbonyl (C=O) groups is 1. The fourth-order valence-corrected chi connectivity index (χ4v) is 3.94. The number of ether oxygens (including phenoxy) is 3. The topological polar surface area (TPSA) is 92.3 Å². The third-order valence-corrected chi connectivity index (χ3v) is 5.34. The van der Waals surface area contributed by atoms with Gasteiger partial charge in [-0.3, -0.25) is 4.90 Å². The second kappa shape index (κ2) is 8.07. The van der Waals surface area contributed by atoms with Gasteiger partial charge in [0.05, 0.1) is 43.6 Å². The summed E-state index contributed by atoms with van der Waals surface area (Å²) in [6, 6.07) is 2.35. The maximum absolute atomic E-state index is 12.8. The normalized spacial score (nSPS) is 32.8. The number of carbonyl (C=O) groups excluding carboxylic acids is 1. The van der Waals surface area contributed by atoms with Gasteiger partial charge in [0.15, 0.2) is 6.29 Å². The Kier molecular flexibility index (Phi) is 5.67. The first-order valence-corrected chi connectivity index (χ1v) is 9.34. The van der Waals surface area contributed by atoms with E-state index < -0.39 is 48.4 Å². The minimum Gasteiger partial charge on any atom is -0.389 e. The number of morpholine rings is 1. The van der Waals surface area contributed by atoms with Crippen molar-refractivity contribution < 1.29 is 37.3 Å². The van der Waals surface area contributed by atoms with Gasteiger partial charge < -0.3 is 30.0 Å². The van der Waals surface area contributed by atoms with E-state index in [1.54, 1.807) is 0 Å². The van der Waals surface area contributed by atoms with E-state index >= 15 is 0 Å². The number of urea groups is 1. The molecular weight excluding hydrogens is 395 g/mol. The summed E-state index contributed by atoms with van der Waals surface area (Å²) in [5.74, 6) is 0. The summed E-state index contributed by atoms with van der Waals surface area (Å²) in [5, 5.41) is 15.9. The van der Waals surface area contributed by atoms with Crippen LogP contribution >= 0.6 is 0 Å². The zero-order chi connectivity index (χ0) is 20.6. The van der Waals surface area contributed by atoms with Gasteiger partial charge in [0, 0.05) is 18.8 Å². The Morgan fingerprint density at radius 2 is 2.00 bits per heavy atom. The Morgan fingerprint density at radius 1 is 1.24 bits per heavy atom. The molecule has 5 atom stereocenters. The second-order valence-corrected chi connectivity index (χ2v) is 7.21. The van der Waals surface area contributed by atoms with Gasteiger partial charge in [0.1, 0.15) is 6.10 Å². The van der Waals surface area contributed by atoms with E-state index in [9.17, 15) is 23.1 Å². The van der Waals surface area contributed by atoms with Crippen LogP contribution in [0.4, 0.5) is 23.7 Å². The summed E-state index contributed by atoms with van der Waals surface area (Å²) >= 11 is 0. The van der Waals surface area contributed by atoms with E-state index in [1.807, 2.05) is 4.90 Å². The van der Waals surface area contributed by atoms with E-state index in [0.29, 0.717) is 26.3 Å². The number of halogens is 3. The second-order valence-electron chi connectivity index (χ2n) is 7.21. The van der Waals surface area contributed by atoms with E-state index in [4.69, 9.17) is 14.2 Å². The van der Waals surface area contributed by atoms with Crippen molar-refractivity contribution in [1.82, 2.24) is 10.2 Å². The molecule has 8 nitrogen and oxygen atoms in total. The highest BCUT2D eigenvalue weighted by Crippen LogP contribution is 2.32. The molecule has 0 radical (unpaired) electrons. The molecule has 160 valence electrons. The van der Waals surface area contributed by atoms with Gasteiger partial charge in [-0.2, -0.15) is 13.2 Å². The first kappa shape index (κ1) is 20.4. The molecule has 3 saturated heterocycles. The molecule has 2 bridgehead atoms. The van der Waals surface area contributed by atoms with Crippen molar-refractivity contribution >= 4 is 11.7 Å². The molecule has 11 heteroatoms. The van der Waals surface area contributed by atoms with Gasteiger partial charge in [-0.15, -0.1) is 0 Å². The third kappa shape index (κ3) is 4.33. The fraction of sp³-hybridized carbons (Fsp3) is 0.611. The Bertz CT molecular complexity index is 744. The smallest absolute Gasteiger partial charge is 0.389 e. The number of amides is 2. The van der Waals surface area contributed by atoms with Crippen LogP contribution in [-0.4, -0.2) is 79.5 Å².